The number of nitrogens with one attached hydrogen (secondary N) is 2. The summed E-state index contributed by atoms with van der Waals surface area (Å²) in [5, 5.41) is 5.97. The van der Waals surface area contributed by atoms with Gasteiger partial charge in [-0.1, -0.05) is 18.9 Å². The average molecular weight is 330 g/mol. The van der Waals surface area contributed by atoms with Gasteiger partial charge in [-0.25, -0.2) is 4.79 Å². The molecular formula is C18H26N4O2. The van der Waals surface area contributed by atoms with E-state index in [2.05, 4.69) is 10.6 Å². The number of nitrogens with zero attached hydrogens (tertiary/aromatic N) is 1. The molecule has 3 rings (SSSR count). The Balaban J connectivity index is 1.71. The van der Waals surface area contributed by atoms with Crippen molar-refractivity contribution in [1.29, 1.82) is 0 Å². The van der Waals surface area contributed by atoms with Crippen LogP contribution in [0.1, 0.15) is 42.5 Å². The SMILES string of the molecule is NCC1CCCCC1NC(=O)c1cccc(N2CCCNC2=O)c1. The molecule has 2 fully saturated rings. The highest BCUT2D eigenvalue weighted by molar-refractivity contribution is 5.98. The predicted octanol–water partition coefficient (Wildman–Crippen LogP) is 1.85. The summed E-state index contributed by atoms with van der Waals surface area (Å²) in [6, 6.07) is 7.33. The van der Waals surface area contributed by atoms with Crippen LogP contribution in [0.25, 0.3) is 0 Å². The van der Waals surface area contributed by atoms with Gasteiger partial charge in [0, 0.05) is 30.4 Å². The van der Waals surface area contributed by atoms with Crippen LogP contribution in [0, 0.1) is 5.92 Å². The quantitative estimate of drug-likeness (QED) is 0.787. The minimum Gasteiger partial charge on any atom is -0.349 e. The second-order valence-corrected chi connectivity index (χ2v) is 6.65. The lowest BCUT2D eigenvalue weighted by molar-refractivity contribution is 0.0908. The van der Waals surface area contributed by atoms with Crippen LogP contribution in [0.3, 0.4) is 0 Å². The van der Waals surface area contributed by atoms with Crippen molar-refractivity contribution in [3.63, 3.8) is 0 Å². The molecule has 0 bridgehead atoms. The van der Waals surface area contributed by atoms with Gasteiger partial charge in [0.15, 0.2) is 0 Å². The maximum Gasteiger partial charge on any atom is 0.321 e. The molecule has 1 aromatic carbocycles. The second-order valence-electron chi connectivity index (χ2n) is 6.65. The van der Waals surface area contributed by atoms with Crippen LogP contribution in [0.2, 0.25) is 0 Å². The van der Waals surface area contributed by atoms with Gasteiger partial charge in [-0.05, 0) is 49.9 Å². The molecule has 2 atom stereocenters. The van der Waals surface area contributed by atoms with Gasteiger partial charge >= 0.3 is 6.03 Å². The molecule has 1 aliphatic heterocycles. The van der Waals surface area contributed by atoms with Crippen LogP contribution in [-0.4, -0.2) is 37.6 Å². The molecule has 1 aromatic rings. The second kappa shape index (κ2) is 7.66. The highest BCUT2D eigenvalue weighted by Gasteiger charge is 2.26. The van der Waals surface area contributed by atoms with Crippen molar-refractivity contribution in [2.24, 2.45) is 11.7 Å². The Labute approximate surface area is 142 Å². The molecule has 0 aromatic heterocycles. The lowest BCUT2D eigenvalue weighted by Crippen LogP contribution is -2.46. The number of rotatable bonds is 4. The van der Waals surface area contributed by atoms with Gasteiger partial charge in [0.2, 0.25) is 0 Å². The van der Waals surface area contributed by atoms with Gasteiger partial charge in [0.25, 0.3) is 5.91 Å². The Bertz CT molecular complexity index is 604. The first kappa shape index (κ1) is 16.8. The van der Waals surface area contributed by atoms with Crippen molar-refractivity contribution in [2.75, 3.05) is 24.5 Å². The first-order chi connectivity index (χ1) is 11.7. The van der Waals surface area contributed by atoms with Crippen LogP contribution >= 0.6 is 0 Å². The Morgan fingerprint density at radius 1 is 1.29 bits per heavy atom. The van der Waals surface area contributed by atoms with E-state index in [1.165, 1.54) is 6.42 Å². The van der Waals surface area contributed by atoms with E-state index in [0.717, 1.165) is 31.4 Å². The summed E-state index contributed by atoms with van der Waals surface area (Å²) in [4.78, 5) is 26.3. The molecule has 0 spiro atoms. The van der Waals surface area contributed by atoms with Gasteiger partial charge in [-0.3, -0.25) is 9.69 Å². The largest absolute Gasteiger partial charge is 0.349 e. The highest BCUT2D eigenvalue weighted by atomic mass is 16.2. The van der Waals surface area contributed by atoms with E-state index in [-0.39, 0.29) is 18.0 Å². The fourth-order valence-corrected chi connectivity index (χ4v) is 3.62. The number of benzene rings is 1. The molecule has 6 heteroatoms. The van der Waals surface area contributed by atoms with Gasteiger partial charge < -0.3 is 16.4 Å². The molecule has 2 aliphatic rings. The molecule has 1 saturated heterocycles. The number of carbonyl (C=O) groups is 2. The van der Waals surface area contributed by atoms with E-state index in [1.54, 1.807) is 17.0 Å². The topological polar surface area (TPSA) is 87.5 Å². The highest BCUT2D eigenvalue weighted by Crippen LogP contribution is 2.24. The van der Waals surface area contributed by atoms with E-state index in [4.69, 9.17) is 5.73 Å². The first-order valence-corrected chi connectivity index (χ1v) is 8.85. The van der Waals surface area contributed by atoms with E-state index < -0.39 is 0 Å². The van der Waals surface area contributed by atoms with Crippen LogP contribution in [-0.2, 0) is 0 Å². The van der Waals surface area contributed by atoms with Crippen LogP contribution in [0.4, 0.5) is 10.5 Å². The molecule has 6 nitrogen and oxygen atoms in total. The molecule has 1 aliphatic carbocycles. The zero-order valence-electron chi connectivity index (χ0n) is 14.0. The molecule has 2 unspecified atom stereocenters. The third-order valence-electron chi connectivity index (χ3n) is 5.03. The predicted molar refractivity (Wildman–Crippen MR) is 94.1 cm³/mol. The standard InChI is InChI=1S/C18H26N4O2/c19-12-14-5-1-2-8-16(14)21-17(23)13-6-3-7-15(11-13)22-10-4-9-20-18(22)24/h3,6-7,11,14,16H,1-2,4-5,8-10,12,19H2,(H,20,24)(H,21,23). The van der Waals surface area contributed by atoms with Crippen molar-refractivity contribution in [1.82, 2.24) is 10.6 Å². The molecule has 0 radical (unpaired) electrons. The fourth-order valence-electron chi connectivity index (χ4n) is 3.62. The Hall–Kier alpha value is -2.08. The minimum atomic E-state index is -0.103. The maximum atomic E-state index is 12.6. The third-order valence-corrected chi connectivity index (χ3v) is 5.03. The summed E-state index contributed by atoms with van der Waals surface area (Å²) in [5.74, 6) is 0.276. The van der Waals surface area contributed by atoms with Crippen molar-refractivity contribution >= 4 is 17.6 Å². The summed E-state index contributed by atoms with van der Waals surface area (Å²) < 4.78 is 0. The summed E-state index contributed by atoms with van der Waals surface area (Å²) in [6.07, 6.45) is 5.29. The third kappa shape index (κ3) is 3.70. The molecule has 130 valence electrons. The van der Waals surface area contributed by atoms with Crippen LogP contribution in [0.5, 0.6) is 0 Å². The van der Waals surface area contributed by atoms with Crippen LogP contribution in [0.15, 0.2) is 24.3 Å². The van der Waals surface area contributed by atoms with Crippen LogP contribution < -0.4 is 21.3 Å². The fraction of sp³-hybridized carbons (Fsp3) is 0.556. The Morgan fingerprint density at radius 3 is 2.92 bits per heavy atom. The van der Waals surface area contributed by atoms with Crippen molar-refractivity contribution in [3.05, 3.63) is 29.8 Å². The Morgan fingerprint density at radius 2 is 2.12 bits per heavy atom. The molecule has 1 heterocycles. The summed E-state index contributed by atoms with van der Waals surface area (Å²) in [5.41, 5.74) is 7.20. The summed E-state index contributed by atoms with van der Waals surface area (Å²) >= 11 is 0. The molecule has 1 saturated carbocycles. The van der Waals surface area contributed by atoms with E-state index in [9.17, 15) is 9.59 Å². The minimum absolute atomic E-state index is 0.0837. The number of hydrogen-bond donors (Lipinski definition) is 3. The van der Waals surface area contributed by atoms with E-state index >= 15 is 0 Å². The van der Waals surface area contributed by atoms with Crippen molar-refractivity contribution in [3.8, 4) is 0 Å². The maximum absolute atomic E-state index is 12.6. The number of anilines is 1. The number of hydrogen-bond acceptors (Lipinski definition) is 3. The van der Waals surface area contributed by atoms with Gasteiger partial charge in [-0.2, -0.15) is 0 Å². The number of nitrogens with two attached hydrogens (primary N) is 1. The lowest BCUT2D eigenvalue weighted by Gasteiger charge is -2.31. The first-order valence-electron chi connectivity index (χ1n) is 8.85. The zero-order chi connectivity index (χ0) is 16.9. The van der Waals surface area contributed by atoms with Crippen molar-refractivity contribution < 1.29 is 9.59 Å². The summed E-state index contributed by atoms with van der Waals surface area (Å²) in [6.45, 7) is 1.99. The summed E-state index contributed by atoms with van der Waals surface area (Å²) in [7, 11) is 0. The molecular weight excluding hydrogens is 304 g/mol. The van der Waals surface area contributed by atoms with Gasteiger partial charge in [0.05, 0.1) is 0 Å². The molecule has 24 heavy (non-hydrogen) atoms. The van der Waals surface area contributed by atoms with E-state index in [1.807, 2.05) is 12.1 Å². The average Bonchev–Trinajstić information content (AvgIpc) is 2.62. The number of carbonyl (C=O) groups excluding carboxylic acids is 2. The normalized spacial score (nSPS) is 24.4. The van der Waals surface area contributed by atoms with Gasteiger partial charge in [-0.15, -0.1) is 0 Å². The van der Waals surface area contributed by atoms with Crippen molar-refractivity contribution in [2.45, 2.75) is 38.1 Å². The molecule has 3 amide bonds. The lowest BCUT2D eigenvalue weighted by atomic mass is 9.84. The number of amides is 3. The Kier molecular flexibility index (Phi) is 5.35. The monoisotopic (exact) mass is 330 g/mol. The smallest absolute Gasteiger partial charge is 0.321 e. The molecule has 4 N–H and O–H groups in total. The number of urea groups is 1. The van der Waals surface area contributed by atoms with Gasteiger partial charge in [0.1, 0.15) is 0 Å². The van der Waals surface area contributed by atoms with E-state index in [0.29, 0.717) is 31.1 Å². The zero-order valence-corrected chi connectivity index (χ0v) is 14.0.